The minimum atomic E-state index is -0.961. The minimum absolute atomic E-state index is 0.0275. The van der Waals surface area contributed by atoms with E-state index in [2.05, 4.69) is 168 Å². The van der Waals surface area contributed by atoms with Crippen molar-refractivity contribution in [2.45, 2.75) is 64.9 Å². The summed E-state index contributed by atoms with van der Waals surface area (Å²) in [5, 5.41) is 4.65. The van der Waals surface area contributed by atoms with Crippen molar-refractivity contribution in [2.75, 3.05) is 21.3 Å². The van der Waals surface area contributed by atoms with Crippen LogP contribution in [-0.4, -0.2) is 25.9 Å². The van der Waals surface area contributed by atoms with Crippen molar-refractivity contribution in [1.29, 1.82) is 0 Å². The molecule has 2 aliphatic rings. The molecule has 0 radical (unpaired) electrons. The van der Waals surface area contributed by atoms with Crippen molar-refractivity contribution in [3.05, 3.63) is 155 Å². The molecule has 0 spiro atoms. The second kappa shape index (κ2) is 13.3. The van der Waals surface area contributed by atoms with E-state index in [1.807, 2.05) is 12.1 Å². The highest BCUT2D eigenvalue weighted by Crippen LogP contribution is 2.60. The Bertz CT molecular complexity index is 3010. The SMILES string of the molecule is COc1ccc(C2(c3ccc(-n4c5ccc(C(C)(C)C)cc5c5cc(C(C)(C)C)ccc54)cc3)C=Cc3c(C)c4c5c(c(OC)c(OC)cc5c3O2)-c2ccccc2-4)cc1. The molecule has 5 nitrogen and oxygen atoms in total. The Labute approximate surface area is 352 Å². The molecule has 1 atom stereocenters. The zero-order chi connectivity index (χ0) is 41.9. The van der Waals surface area contributed by atoms with Gasteiger partial charge in [-0.1, -0.05) is 108 Å². The van der Waals surface area contributed by atoms with E-state index in [1.165, 1.54) is 49.6 Å². The average molecular weight is 790 g/mol. The number of rotatable bonds is 6. The molecule has 1 aromatic heterocycles. The van der Waals surface area contributed by atoms with E-state index < -0.39 is 5.60 Å². The first-order valence-corrected chi connectivity index (χ1v) is 20.9. The minimum Gasteiger partial charge on any atom is -0.497 e. The molecule has 1 aliphatic heterocycles. The van der Waals surface area contributed by atoms with Gasteiger partial charge in [-0.2, -0.15) is 0 Å². The summed E-state index contributed by atoms with van der Waals surface area (Å²) in [5.74, 6) is 3.00. The normalized spacial score (nSPS) is 15.6. The lowest BCUT2D eigenvalue weighted by Gasteiger charge is -2.37. The molecule has 5 heteroatoms. The van der Waals surface area contributed by atoms with E-state index in [9.17, 15) is 0 Å². The quantitative estimate of drug-likeness (QED) is 0.168. The molecule has 0 bridgehead atoms. The smallest absolute Gasteiger partial charge is 0.178 e. The first-order valence-electron chi connectivity index (χ1n) is 20.9. The van der Waals surface area contributed by atoms with E-state index in [0.29, 0.717) is 5.75 Å². The fourth-order valence-electron chi connectivity index (χ4n) is 9.70. The first-order chi connectivity index (χ1) is 28.8. The van der Waals surface area contributed by atoms with Gasteiger partial charge in [-0.25, -0.2) is 0 Å². The van der Waals surface area contributed by atoms with E-state index in [1.54, 1.807) is 21.3 Å². The van der Waals surface area contributed by atoms with Crippen molar-refractivity contribution < 1.29 is 18.9 Å². The number of ether oxygens (including phenoxy) is 4. The van der Waals surface area contributed by atoms with Crippen molar-refractivity contribution >= 4 is 38.7 Å². The van der Waals surface area contributed by atoms with Gasteiger partial charge in [-0.3, -0.25) is 0 Å². The topological polar surface area (TPSA) is 41.9 Å². The molecule has 1 aliphatic carbocycles. The summed E-state index contributed by atoms with van der Waals surface area (Å²) in [4.78, 5) is 0. The van der Waals surface area contributed by atoms with E-state index >= 15 is 0 Å². The predicted octanol–water partition coefficient (Wildman–Crippen LogP) is 13.9. The van der Waals surface area contributed by atoms with Crippen LogP contribution < -0.4 is 18.9 Å². The van der Waals surface area contributed by atoms with Crippen LogP contribution in [0, 0.1) is 6.92 Å². The Morgan fingerprint density at radius 3 is 1.68 bits per heavy atom. The number of hydrogen-bond acceptors (Lipinski definition) is 4. The molecule has 60 heavy (non-hydrogen) atoms. The second-order valence-electron chi connectivity index (χ2n) is 18.4. The summed E-state index contributed by atoms with van der Waals surface area (Å²) in [6.45, 7) is 15.9. The number of aromatic nitrogens is 1. The molecule has 10 rings (SSSR count). The van der Waals surface area contributed by atoms with Gasteiger partial charge in [0.1, 0.15) is 11.5 Å². The van der Waals surface area contributed by atoms with Crippen molar-refractivity contribution in [1.82, 2.24) is 4.57 Å². The van der Waals surface area contributed by atoms with Crippen LogP contribution in [0.1, 0.15) is 74.9 Å². The molecule has 0 N–H and O–H groups in total. The van der Waals surface area contributed by atoms with Gasteiger partial charge in [0.2, 0.25) is 0 Å². The monoisotopic (exact) mass is 789 g/mol. The Morgan fingerprint density at radius 2 is 1.15 bits per heavy atom. The van der Waals surface area contributed by atoms with Crippen LogP contribution >= 0.6 is 0 Å². The van der Waals surface area contributed by atoms with E-state index in [-0.39, 0.29) is 10.8 Å². The molecular formula is C55H51NO4. The Hall–Kier alpha value is -6.46. The molecule has 7 aromatic carbocycles. The van der Waals surface area contributed by atoms with Gasteiger partial charge in [0.15, 0.2) is 17.1 Å². The number of nitrogens with zero attached hydrogens (tertiary/aromatic N) is 1. The maximum atomic E-state index is 7.60. The van der Waals surface area contributed by atoms with Crippen molar-refractivity contribution in [2.24, 2.45) is 0 Å². The standard InChI is InChI=1S/C55H51NO4/c1-32-39-27-28-55(34-17-23-38(57-8)24-18-34,60-51(39)44-31-47(58-9)52(59-10)50-41-14-12-11-13-40(41)48(32)49(44)50)33-15-21-37(22-16-33)56-45-25-19-35(53(2,3)4)29-42(45)43-30-36(54(5,6)7)20-26-46(43)56/h11-31H,1-10H3. The van der Waals surface area contributed by atoms with Gasteiger partial charge in [0, 0.05) is 49.5 Å². The summed E-state index contributed by atoms with van der Waals surface area (Å²) >= 11 is 0. The van der Waals surface area contributed by atoms with Gasteiger partial charge < -0.3 is 23.5 Å². The molecule has 0 fully saturated rings. The lowest BCUT2D eigenvalue weighted by atomic mass is 9.81. The third kappa shape index (κ3) is 5.44. The highest BCUT2D eigenvalue weighted by Gasteiger charge is 2.41. The molecule has 2 heterocycles. The number of methoxy groups -OCH3 is 3. The summed E-state index contributed by atoms with van der Waals surface area (Å²) in [5.41, 5.74) is 14.0. The fraction of sp³-hybridized carbons (Fsp3) is 0.236. The lowest BCUT2D eigenvalue weighted by molar-refractivity contribution is 0.163. The molecule has 1 unspecified atom stereocenters. The first kappa shape index (κ1) is 37.8. The van der Waals surface area contributed by atoms with Gasteiger partial charge in [0.25, 0.3) is 0 Å². The van der Waals surface area contributed by atoms with E-state index in [0.717, 1.165) is 61.5 Å². The molecule has 0 amide bonds. The van der Waals surface area contributed by atoms with Crippen LogP contribution in [0.15, 0.2) is 121 Å². The van der Waals surface area contributed by atoms with Crippen LogP contribution in [0.5, 0.6) is 23.0 Å². The van der Waals surface area contributed by atoms with Crippen LogP contribution in [-0.2, 0) is 16.4 Å². The summed E-state index contributed by atoms with van der Waals surface area (Å²) < 4.78 is 27.8. The van der Waals surface area contributed by atoms with Gasteiger partial charge in [0.05, 0.1) is 32.4 Å². The summed E-state index contributed by atoms with van der Waals surface area (Å²) in [7, 11) is 5.12. The van der Waals surface area contributed by atoms with Crippen LogP contribution in [0.4, 0.5) is 0 Å². The van der Waals surface area contributed by atoms with Crippen LogP contribution in [0.3, 0.4) is 0 Å². The molecule has 0 saturated heterocycles. The fourth-order valence-corrected chi connectivity index (χ4v) is 9.70. The Morgan fingerprint density at radius 1 is 0.583 bits per heavy atom. The third-order valence-corrected chi connectivity index (χ3v) is 13.0. The Balaban J connectivity index is 1.18. The summed E-state index contributed by atoms with van der Waals surface area (Å²) in [6, 6.07) is 41.8. The summed E-state index contributed by atoms with van der Waals surface area (Å²) in [6.07, 6.45) is 4.48. The van der Waals surface area contributed by atoms with Crippen molar-refractivity contribution in [3.63, 3.8) is 0 Å². The maximum absolute atomic E-state index is 7.60. The number of fused-ring (bicyclic) bond motifs is 8. The van der Waals surface area contributed by atoms with E-state index in [4.69, 9.17) is 18.9 Å². The van der Waals surface area contributed by atoms with Gasteiger partial charge in [-0.15, -0.1) is 0 Å². The molecule has 300 valence electrons. The van der Waals surface area contributed by atoms with Gasteiger partial charge >= 0.3 is 0 Å². The maximum Gasteiger partial charge on any atom is 0.178 e. The number of benzene rings is 7. The zero-order valence-electron chi connectivity index (χ0n) is 36.2. The average Bonchev–Trinajstić information content (AvgIpc) is 3.77. The highest BCUT2D eigenvalue weighted by atomic mass is 16.5. The zero-order valence-corrected chi connectivity index (χ0v) is 36.2. The van der Waals surface area contributed by atoms with Crippen LogP contribution in [0.2, 0.25) is 0 Å². The molecule has 0 saturated carbocycles. The second-order valence-corrected chi connectivity index (χ2v) is 18.4. The molecule has 8 aromatic rings. The van der Waals surface area contributed by atoms with Crippen molar-refractivity contribution in [3.8, 4) is 50.9 Å². The Kier molecular flexibility index (Phi) is 8.36. The third-order valence-electron chi connectivity index (χ3n) is 13.0. The number of hydrogen-bond donors (Lipinski definition) is 0. The lowest BCUT2D eigenvalue weighted by Crippen LogP contribution is -2.34. The van der Waals surface area contributed by atoms with Gasteiger partial charge in [-0.05, 0) is 112 Å². The van der Waals surface area contributed by atoms with Crippen LogP contribution in [0.25, 0.3) is 66.6 Å². The largest absolute Gasteiger partial charge is 0.497 e. The highest BCUT2D eigenvalue weighted by molar-refractivity contribution is 6.21. The predicted molar refractivity (Wildman–Crippen MR) is 248 cm³/mol. The molecular weight excluding hydrogens is 739 g/mol.